The van der Waals surface area contributed by atoms with Crippen LogP contribution >= 0.6 is 23.2 Å². The number of carbonyl (C=O) groups excluding carboxylic acids is 3. The highest BCUT2D eigenvalue weighted by Gasteiger charge is 2.70. The van der Waals surface area contributed by atoms with Gasteiger partial charge in [0.15, 0.2) is 11.6 Å². The summed E-state index contributed by atoms with van der Waals surface area (Å²) in [6.07, 6.45) is 1.96. The van der Waals surface area contributed by atoms with Crippen molar-refractivity contribution in [2.24, 2.45) is 5.92 Å². The highest BCUT2D eigenvalue weighted by molar-refractivity contribution is 6.37. The Morgan fingerprint density at radius 3 is 2.36 bits per heavy atom. The van der Waals surface area contributed by atoms with E-state index in [2.05, 4.69) is 5.32 Å². The molecule has 3 heterocycles. The van der Waals surface area contributed by atoms with Crippen LogP contribution in [-0.4, -0.2) is 34.5 Å². The molecule has 0 radical (unpaired) electrons. The first-order valence-electron chi connectivity index (χ1n) is 13.9. The molecule has 0 saturated carbocycles. The molecule has 218 valence electrons. The van der Waals surface area contributed by atoms with Crippen LogP contribution in [0.25, 0.3) is 5.57 Å². The predicted molar refractivity (Wildman–Crippen MR) is 169 cm³/mol. The number of non-ortho nitro benzene ring substituents is 1. The minimum Gasteiger partial charge on any atom is -0.352 e. The van der Waals surface area contributed by atoms with Crippen molar-refractivity contribution in [3.05, 3.63) is 139 Å². The van der Waals surface area contributed by atoms with Gasteiger partial charge in [-0.2, -0.15) is 0 Å². The predicted octanol–water partition coefficient (Wildman–Crippen LogP) is 7.15. The number of nitro benzene ring substituents is 1. The van der Waals surface area contributed by atoms with Gasteiger partial charge >= 0.3 is 0 Å². The van der Waals surface area contributed by atoms with Crippen molar-refractivity contribution in [3.8, 4) is 0 Å². The summed E-state index contributed by atoms with van der Waals surface area (Å²) in [7, 11) is 0. The summed E-state index contributed by atoms with van der Waals surface area (Å²) in [6.45, 7) is 1.95. The van der Waals surface area contributed by atoms with E-state index in [4.69, 9.17) is 23.2 Å². The minimum atomic E-state index is -1.52. The maximum atomic E-state index is 14.9. The molecule has 1 spiro atoms. The topological polar surface area (TPSA) is 110 Å². The van der Waals surface area contributed by atoms with Crippen molar-refractivity contribution in [1.82, 2.24) is 0 Å². The van der Waals surface area contributed by atoms with E-state index in [0.29, 0.717) is 22.0 Å². The van der Waals surface area contributed by atoms with Gasteiger partial charge in [-0.3, -0.25) is 24.5 Å². The van der Waals surface area contributed by atoms with Crippen LogP contribution in [0.2, 0.25) is 10.0 Å². The lowest BCUT2D eigenvalue weighted by atomic mass is 9.64. The van der Waals surface area contributed by atoms with Gasteiger partial charge in [0, 0.05) is 45.2 Å². The van der Waals surface area contributed by atoms with Gasteiger partial charge in [0.2, 0.25) is 5.91 Å². The number of fused-ring (bicyclic) bond motifs is 6. The van der Waals surface area contributed by atoms with Gasteiger partial charge in [0.05, 0.1) is 21.9 Å². The molecule has 1 amide bonds. The van der Waals surface area contributed by atoms with Gasteiger partial charge in [0.1, 0.15) is 11.5 Å². The molecule has 3 aliphatic rings. The Morgan fingerprint density at radius 1 is 0.932 bits per heavy atom. The van der Waals surface area contributed by atoms with E-state index in [1.165, 1.54) is 36.4 Å². The third-order valence-electron chi connectivity index (χ3n) is 8.99. The van der Waals surface area contributed by atoms with Crippen LogP contribution in [0.15, 0.2) is 97.1 Å². The molecule has 8 nitrogen and oxygen atoms in total. The lowest BCUT2D eigenvalue weighted by molar-refractivity contribution is -0.384. The SMILES string of the molecule is CC1=C[C@@H]2N(c3ccccc31)[C@H](C(=O)c1ccc([N+](=O)[O-])cc1)[C@H](C(=O)c1ccc(Cl)cc1Cl)[C@@]21C(=O)Nc2ccccc21. The average molecular weight is 624 g/mol. The number of allylic oxidation sites excluding steroid dienone is 1. The summed E-state index contributed by atoms with van der Waals surface area (Å²) in [5.74, 6) is -2.59. The number of halogens is 2. The van der Waals surface area contributed by atoms with Crippen LogP contribution in [0.3, 0.4) is 0 Å². The van der Waals surface area contributed by atoms with Crippen LogP contribution in [0.1, 0.15) is 38.8 Å². The standard InChI is InChI=1S/C34H23Cl2N3O5/c1-18-16-28-34(24-7-3-4-8-26(24)37-33(34)42)29(32(41)23-15-12-20(35)17-25(23)36)30(38(28)27-9-5-2-6-22(18)27)31(40)19-10-13-21(14-11-19)39(43)44/h2-17,28-30H,1H3,(H,37,42)/t28-,29+,30-,34-/m0/s1. The van der Waals surface area contributed by atoms with Crippen molar-refractivity contribution in [2.45, 2.75) is 24.4 Å². The van der Waals surface area contributed by atoms with E-state index >= 15 is 0 Å². The second-order valence-electron chi connectivity index (χ2n) is 11.2. The Bertz CT molecular complexity index is 1960. The number of anilines is 2. The minimum absolute atomic E-state index is 0.0999. The first kappa shape index (κ1) is 28.0. The lowest BCUT2D eigenvalue weighted by Crippen LogP contribution is -2.51. The number of rotatable bonds is 5. The zero-order valence-corrected chi connectivity index (χ0v) is 24.7. The highest BCUT2D eigenvalue weighted by atomic mass is 35.5. The van der Waals surface area contributed by atoms with Gasteiger partial charge < -0.3 is 10.2 Å². The van der Waals surface area contributed by atoms with Gasteiger partial charge in [0.25, 0.3) is 5.69 Å². The van der Waals surface area contributed by atoms with E-state index in [-0.39, 0.29) is 21.8 Å². The van der Waals surface area contributed by atoms with Gasteiger partial charge in [-0.25, -0.2) is 0 Å². The molecule has 4 aromatic rings. The molecule has 44 heavy (non-hydrogen) atoms. The fourth-order valence-corrected chi connectivity index (χ4v) is 7.66. The number of hydrogen-bond acceptors (Lipinski definition) is 6. The Kier molecular flexibility index (Phi) is 6.46. The van der Waals surface area contributed by atoms with Crippen molar-refractivity contribution in [1.29, 1.82) is 0 Å². The smallest absolute Gasteiger partial charge is 0.269 e. The Labute approximate surface area is 262 Å². The molecule has 1 N–H and O–H groups in total. The van der Waals surface area contributed by atoms with Crippen LogP contribution in [0.5, 0.6) is 0 Å². The van der Waals surface area contributed by atoms with E-state index < -0.39 is 45.8 Å². The second-order valence-corrected chi connectivity index (χ2v) is 12.0. The Hall–Kier alpha value is -4.79. The molecular weight excluding hydrogens is 601 g/mol. The van der Waals surface area contributed by atoms with E-state index in [1.54, 1.807) is 24.3 Å². The third kappa shape index (κ3) is 3.87. The zero-order chi connectivity index (χ0) is 30.9. The molecule has 4 aromatic carbocycles. The third-order valence-corrected chi connectivity index (χ3v) is 9.54. The summed E-state index contributed by atoms with van der Waals surface area (Å²) in [5.41, 5.74) is 2.24. The fourth-order valence-electron chi connectivity index (χ4n) is 7.16. The number of nitro groups is 1. The summed E-state index contributed by atoms with van der Waals surface area (Å²) < 4.78 is 0. The normalized spacial score (nSPS) is 23.0. The maximum Gasteiger partial charge on any atom is 0.269 e. The molecule has 0 unspecified atom stereocenters. The monoisotopic (exact) mass is 623 g/mol. The summed E-state index contributed by atoms with van der Waals surface area (Å²) in [6, 6.07) is 22.7. The number of amides is 1. The molecule has 1 fully saturated rings. The molecule has 10 heteroatoms. The van der Waals surface area contributed by atoms with Crippen molar-refractivity contribution >= 4 is 63.3 Å². The molecular formula is C34H23Cl2N3O5. The molecule has 0 aliphatic carbocycles. The summed E-state index contributed by atoms with van der Waals surface area (Å²) in [4.78, 5) is 56.8. The number of nitrogens with zero attached hydrogens (tertiary/aromatic N) is 2. The van der Waals surface area contributed by atoms with Crippen LogP contribution in [-0.2, 0) is 10.2 Å². The molecule has 7 rings (SSSR count). The lowest BCUT2D eigenvalue weighted by Gasteiger charge is -2.39. The zero-order valence-electron chi connectivity index (χ0n) is 23.2. The largest absolute Gasteiger partial charge is 0.352 e. The number of carbonyl (C=O) groups is 3. The number of ketones is 2. The highest BCUT2D eigenvalue weighted by Crippen LogP contribution is 2.59. The van der Waals surface area contributed by atoms with Gasteiger partial charge in [-0.05, 0) is 60.5 Å². The van der Waals surface area contributed by atoms with Crippen LogP contribution < -0.4 is 10.2 Å². The molecule has 1 saturated heterocycles. The van der Waals surface area contributed by atoms with E-state index in [9.17, 15) is 24.5 Å². The second kappa shape index (κ2) is 10.1. The quantitative estimate of drug-likeness (QED) is 0.144. The fraction of sp³-hybridized carbons (Fsp3) is 0.147. The van der Waals surface area contributed by atoms with Gasteiger partial charge in [-0.15, -0.1) is 0 Å². The first-order valence-corrected chi connectivity index (χ1v) is 14.6. The maximum absolute atomic E-state index is 14.9. The molecule has 4 atom stereocenters. The number of para-hydroxylation sites is 2. The van der Waals surface area contributed by atoms with Gasteiger partial charge in [-0.1, -0.05) is 65.7 Å². The van der Waals surface area contributed by atoms with Crippen molar-refractivity contribution in [2.75, 3.05) is 10.2 Å². The summed E-state index contributed by atoms with van der Waals surface area (Å²) in [5, 5.41) is 14.8. The number of nitrogens with one attached hydrogen (secondary N) is 1. The Balaban J connectivity index is 1.54. The molecule has 3 aliphatic heterocycles. The number of benzene rings is 4. The summed E-state index contributed by atoms with van der Waals surface area (Å²) >= 11 is 12.8. The first-order chi connectivity index (χ1) is 21.1. The molecule has 0 aromatic heterocycles. The van der Waals surface area contributed by atoms with E-state index in [1.807, 2.05) is 48.2 Å². The average Bonchev–Trinajstić information content (AvgIpc) is 3.49. The van der Waals surface area contributed by atoms with Crippen LogP contribution in [0.4, 0.5) is 17.1 Å². The number of hydrogen-bond donors (Lipinski definition) is 1. The van der Waals surface area contributed by atoms with E-state index in [0.717, 1.165) is 11.1 Å². The van der Waals surface area contributed by atoms with Crippen LogP contribution in [0, 0.1) is 16.0 Å². The molecule has 0 bridgehead atoms. The van der Waals surface area contributed by atoms with Crippen molar-refractivity contribution in [3.63, 3.8) is 0 Å². The Morgan fingerprint density at radius 2 is 1.64 bits per heavy atom. The number of Topliss-reactive ketones (excluding diaryl/α,β-unsaturated/α-hetero) is 2. The van der Waals surface area contributed by atoms with Crippen molar-refractivity contribution < 1.29 is 19.3 Å².